The minimum atomic E-state index is 0.528. The van der Waals surface area contributed by atoms with E-state index in [0.717, 1.165) is 11.8 Å². The van der Waals surface area contributed by atoms with E-state index in [4.69, 9.17) is 0 Å². The van der Waals surface area contributed by atoms with E-state index in [1.165, 1.54) is 51.6 Å². The van der Waals surface area contributed by atoms with Crippen molar-refractivity contribution < 1.29 is 0 Å². The molecule has 14 heavy (non-hydrogen) atoms. The second-order valence-electron chi connectivity index (χ2n) is 6.14. The first-order valence-corrected chi connectivity index (χ1v) is 6.38. The lowest BCUT2D eigenvalue weighted by Crippen LogP contribution is -2.38. The fourth-order valence-corrected chi connectivity index (χ4v) is 3.43. The lowest BCUT2D eigenvalue weighted by Gasteiger charge is -2.40. The van der Waals surface area contributed by atoms with Crippen molar-refractivity contribution in [2.75, 3.05) is 13.1 Å². The number of nitrogens with one attached hydrogen (secondary N) is 1. The van der Waals surface area contributed by atoms with Crippen LogP contribution in [0.5, 0.6) is 0 Å². The Bertz CT molecular complexity index is 186. The Balaban J connectivity index is 2.01. The molecule has 2 atom stereocenters. The van der Waals surface area contributed by atoms with E-state index in [0.29, 0.717) is 5.41 Å². The van der Waals surface area contributed by atoms with E-state index in [-0.39, 0.29) is 0 Å². The molecule has 2 rings (SSSR count). The van der Waals surface area contributed by atoms with E-state index in [1.54, 1.807) is 0 Å². The van der Waals surface area contributed by atoms with Gasteiger partial charge in [0.25, 0.3) is 0 Å². The number of hydrogen-bond donors (Lipinski definition) is 1. The minimum absolute atomic E-state index is 0.528. The molecule has 1 aliphatic heterocycles. The van der Waals surface area contributed by atoms with Gasteiger partial charge in [-0.15, -0.1) is 0 Å². The molecule has 2 aliphatic rings. The first kappa shape index (κ1) is 10.5. The van der Waals surface area contributed by atoms with Crippen LogP contribution in [-0.4, -0.2) is 13.1 Å². The van der Waals surface area contributed by atoms with Crippen LogP contribution >= 0.6 is 0 Å². The molecule has 82 valence electrons. The molecule has 0 spiro atoms. The number of fused-ring (bicyclic) bond motifs is 1. The highest BCUT2D eigenvalue weighted by atomic mass is 14.9. The summed E-state index contributed by atoms with van der Waals surface area (Å²) in [6.07, 6.45) is 8.87. The van der Waals surface area contributed by atoms with Crippen LogP contribution in [0.15, 0.2) is 0 Å². The molecule has 0 bridgehead atoms. The molecule has 0 aromatic rings. The molecule has 2 fully saturated rings. The van der Waals surface area contributed by atoms with Crippen LogP contribution in [0.25, 0.3) is 0 Å². The summed E-state index contributed by atoms with van der Waals surface area (Å²) in [5.41, 5.74) is 0.528. The number of rotatable bonds is 0. The zero-order valence-corrected chi connectivity index (χ0v) is 9.81. The highest BCUT2D eigenvalue weighted by Gasteiger charge is 2.31. The second-order valence-corrected chi connectivity index (χ2v) is 6.14. The molecule has 2 unspecified atom stereocenters. The zero-order chi connectivity index (χ0) is 10.0. The van der Waals surface area contributed by atoms with Crippen molar-refractivity contribution in [3.63, 3.8) is 0 Å². The maximum atomic E-state index is 3.61. The van der Waals surface area contributed by atoms with Crippen LogP contribution in [0, 0.1) is 17.3 Å². The van der Waals surface area contributed by atoms with Gasteiger partial charge in [-0.05, 0) is 36.6 Å². The maximum absolute atomic E-state index is 3.61. The zero-order valence-electron chi connectivity index (χ0n) is 9.81. The largest absolute Gasteiger partial charge is 0.316 e. The Labute approximate surface area is 88.7 Å². The van der Waals surface area contributed by atoms with Crippen molar-refractivity contribution in [2.45, 2.75) is 52.4 Å². The summed E-state index contributed by atoms with van der Waals surface area (Å²) in [5, 5.41) is 3.61. The van der Waals surface area contributed by atoms with E-state index in [2.05, 4.69) is 19.2 Å². The van der Waals surface area contributed by atoms with E-state index in [1.807, 2.05) is 0 Å². The van der Waals surface area contributed by atoms with Crippen molar-refractivity contribution in [3.8, 4) is 0 Å². The summed E-state index contributed by atoms with van der Waals surface area (Å²) in [6.45, 7) is 7.33. The fraction of sp³-hybridized carbons (Fsp3) is 1.00. The highest BCUT2D eigenvalue weighted by molar-refractivity contribution is 4.85. The van der Waals surface area contributed by atoms with Gasteiger partial charge in [-0.3, -0.25) is 0 Å². The van der Waals surface area contributed by atoms with Gasteiger partial charge in [-0.25, -0.2) is 0 Å². The van der Waals surface area contributed by atoms with Crippen molar-refractivity contribution in [3.05, 3.63) is 0 Å². The summed E-state index contributed by atoms with van der Waals surface area (Å²) in [4.78, 5) is 0. The predicted molar refractivity (Wildman–Crippen MR) is 61.3 cm³/mol. The highest BCUT2D eigenvalue weighted by Crippen LogP contribution is 2.40. The Morgan fingerprint density at radius 1 is 1.00 bits per heavy atom. The van der Waals surface area contributed by atoms with Gasteiger partial charge in [-0.2, -0.15) is 0 Å². The molecule has 1 heteroatoms. The molecule has 0 aromatic carbocycles. The van der Waals surface area contributed by atoms with Crippen LogP contribution in [0.1, 0.15) is 52.4 Å². The molecule has 0 amide bonds. The molecular formula is C13H25N. The first-order valence-electron chi connectivity index (χ1n) is 6.38. The molecular weight excluding hydrogens is 170 g/mol. The second kappa shape index (κ2) is 4.22. The average Bonchev–Trinajstić information content (AvgIpc) is 2.11. The summed E-state index contributed by atoms with van der Waals surface area (Å²) >= 11 is 0. The van der Waals surface area contributed by atoms with Crippen molar-refractivity contribution in [1.82, 2.24) is 5.32 Å². The monoisotopic (exact) mass is 195 g/mol. The Kier molecular flexibility index (Phi) is 3.16. The Hall–Kier alpha value is -0.0400. The quantitative estimate of drug-likeness (QED) is 0.626. The van der Waals surface area contributed by atoms with Gasteiger partial charge in [0.15, 0.2) is 0 Å². The maximum Gasteiger partial charge on any atom is 0.000262 e. The molecule has 0 radical (unpaired) electrons. The third-order valence-electron chi connectivity index (χ3n) is 4.18. The Morgan fingerprint density at radius 2 is 1.71 bits per heavy atom. The van der Waals surface area contributed by atoms with Crippen molar-refractivity contribution >= 4 is 0 Å². The van der Waals surface area contributed by atoms with E-state index in [9.17, 15) is 0 Å². The standard InChI is InChI=1S/C13H25N/c1-13(2)9-12-6-4-3-5-11(12)7-8-14-10-13/h11-12,14H,3-10H2,1-2H3. The van der Waals surface area contributed by atoms with Crippen molar-refractivity contribution in [2.24, 2.45) is 17.3 Å². The predicted octanol–water partition coefficient (Wildman–Crippen LogP) is 3.20. The van der Waals surface area contributed by atoms with E-state index >= 15 is 0 Å². The van der Waals surface area contributed by atoms with Crippen LogP contribution in [0.3, 0.4) is 0 Å². The summed E-state index contributed by atoms with van der Waals surface area (Å²) in [7, 11) is 0. The topological polar surface area (TPSA) is 12.0 Å². The third-order valence-corrected chi connectivity index (χ3v) is 4.18. The van der Waals surface area contributed by atoms with Gasteiger partial charge in [0.1, 0.15) is 0 Å². The normalized spacial score (nSPS) is 38.1. The molecule has 1 saturated carbocycles. The average molecular weight is 195 g/mol. The van der Waals surface area contributed by atoms with Gasteiger partial charge in [0.2, 0.25) is 0 Å². The van der Waals surface area contributed by atoms with E-state index < -0.39 is 0 Å². The SMILES string of the molecule is CC1(C)CNCCC2CCCCC2C1. The van der Waals surface area contributed by atoms with Crippen LogP contribution in [-0.2, 0) is 0 Å². The van der Waals surface area contributed by atoms with Gasteiger partial charge in [0, 0.05) is 6.54 Å². The smallest absolute Gasteiger partial charge is 0.000262 e. The van der Waals surface area contributed by atoms with Crippen LogP contribution < -0.4 is 5.32 Å². The number of hydrogen-bond acceptors (Lipinski definition) is 1. The molecule has 1 N–H and O–H groups in total. The first-order chi connectivity index (χ1) is 6.67. The van der Waals surface area contributed by atoms with Gasteiger partial charge >= 0.3 is 0 Å². The molecule has 1 saturated heterocycles. The lowest BCUT2D eigenvalue weighted by atomic mass is 9.69. The minimum Gasteiger partial charge on any atom is -0.316 e. The van der Waals surface area contributed by atoms with Gasteiger partial charge in [0.05, 0.1) is 0 Å². The molecule has 0 aromatic heterocycles. The Morgan fingerprint density at radius 3 is 2.50 bits per heavy atom. The molecule has 1 nitrogen and oxygen atoms in total. The molecule has 1 heterocycles. The third kappa shape index (κ3) is 2.50. The lowest BCUT2D eigenvalue weighted by molar-refractivity contribution is 0.130. The fourth-order valence-electron chi connectivity index (χ4n) is 3.43. The van der Waals surface area contributed by atoms with Crippen LogP contribution in [0.4, 0.5) is 0 Å². The summed E-state index contributed by atoms with van der Waals surface area (Å²) < 4.78 is 0. The molecule has 1 aliphatic carbocycles. The van der Waals surface area contributed by atoms with Gasteiger partial charge in [-0.1, -0.05) is 39.5 Å². The van der Waals surface area contributed by atoms with Crippen LogP contribution in [0.2, 0.25) is 0 Å². The summed E-state index contributed by atoms with van der Waals surface area (Å²) in [6, 6.07) is 0. The van der Waals surface area contributed by atoms with Crippen molar-refractivity contribution in [1.29, 1.82) is 0 Å². The summed E-state index contributed by atoms with van der Waals surface area (Å²) in [5.74, 6) is 2.08. The van der Waals surface area contributed by atoms with Gasteiger partial charge < -0.3 is 5.32 Å².